The van der Waals surface area contributed by atoms with Gasteiger partial charge in [-0.05, 0) is 37.7 Å². The Bertz CT molecular complexity index is 496. The highest BCUT2D eigenvalue weighted by Crippen LogP contribution is 2.22. The molecule has 0 amide bonds. The van der Waals surface area contributed by atoms with Crippen LogP contribution in [0, 0.1) is 0 Å². The number of para-hydroxylation sites is 1. The fraction of sp³-hybridized carbons (Fsp3) is 0.312. The second-order valence-electron chi connectivity index (χ2n) is 4.35. The first-order chi connectivity index (χ1) is 9.35. The Balaban J connectivity index is 2.23. The quantitative estimate of drug-likeness (QED) is 0.858. The van der Waals surface area contributed by atoms with Crippen molar-refractivity contribution >= 4 is 11.5 Å². The molecule has 0 atom stereocenters. The minimum Gasteiger partial charge on any atom is -0.327 e. The molecule has 0 radical (unpaired) electrons. The van der Waals surface area contributed by atoms with E-state index in [1.165, 1.54) is 5.69 Å². The van der Waals surface area contributed by atoms with Gasteiger partial charge in [0.1, 0.15) is 5.82 Å². The molecule has 1 N–H and O–H groups in total. The summed E-state index contributed by atoms with van der Waals surface area (Å²) in [6, 6.07) is 16.6. The third-order valence-corrected chi connectivity index (χ3v) is 3.01. The molecule has 0 aliphatic heterocycles. The molecular formula is C16H21N3. The van der Waals surface area contributed by atoms with Crippen LogP contribution in [0.3, 0.4) is 0 Å². The molecule has 3 heteroatoms. The molecule has 0 aliphatic carbocycles. The summed E-state index contributed by atoms with van der Waals surface area (Å²) < 4.78 is 0. The van der Waals surface area contributed by atoms with Crippen LogP contribution in [0.1, 0.15) is 19.5 Å². The summed E-state index contributed by atoms with van der Waals surface area (Å²) in [5.41, 5.74) is 2.26. The summed E-state index contributed by atoms with van der Waals surface area (Å²) in [7, 11) is 0. The van der Waals surface area contributed by atoms with Crippen LogP contribution in [0.4, 0.5) is 11.5 Å². The van der Waals surface area contributed by atoms with Crippen molar-refractivity contribution in [3.05, 3.63) is 54.2 Å². The molecule has 2 aromatic rings. The number of anilines is 2. The van der Waals surface area contributed by atoms with E-state index < -0.39 is 0 Å². The first-order valence-electron chi connectivity index (χ1n) is 6.84. The SMILES string of the molecule is CCNCc1cccc(N(CC)c2ccccc2)n1. The van der Waals surface area contributed by atoms with Gasteiger partial charge in [-0.1, -0.05) is 31.2 Å². The fourth-order valence-electron chi connectivity index (χ4n) is 2.05. The van der Waals surface area contributed by atoms with E-state index in [2.05, 4.69) is 66.5 Å². The van der Waals surface area contributed by atoms with Crippen LogP contribution in [0.5, 0.6) is 0 Å². The van der Waals surface area contributed by atoms with Crippen molar-refractivity contribution in [1.29, 1.82) is 0 Å². The lowest BCUT2D eigenvalue weighted by Gasteiger charge is -2.22. The van der Waals surface area contributed by atoms with E-state index in [9.17, 15) is 0 Å². The van der Waals surface area contributed by atoms with E-state index in [0.717, 1.165) is 31.1 Å². The van der Waals surface area contributed by atoms with Gasteiger partial charge in [0.15, 0.2) is 0 Å². The van der Waals surface area contributed by atoms with E-state index in [-0.39, 0.29) is 0 Å². The maximum absolute atomic E-state index is 4.72. The van der Waals surface area contributed by atoms with E-state index in [4.69, 9.17) is 4.98 Å². The zero-order valence-corrected chi connectivity index (χ0v) is 11.6. The monoisotopic (exact) mass is 255 g/mol. The van der Waals surface area contributed by atoms with E-state index in [0.29, 0.717) is 0 Å². The number of pyridine rings is 1. The van der Waals surface area contributed by atoms with Crippen molar-refractivity contribution in [3.8, 4) is 0 Å². The van der Waals surface area contributed by atoms with Gasteiger partial charge in [-0.2, -0.15) is 0 Å². The number of nitrogens with zero attached hydrogens (tertiary/aromatic N) is 2. The first-order valence-corrected chi connectivity index (χ1v) is 6.84. The summed E-state index contributed by atoms with van der Waals surface area (Å²) in [4.78, 5) is 6.94. The lowest BCUT2D eigenvalue weighted by Crippen LogP contribution is -2.19. The standard InChI is InChI=1S/C16H21N3/c1-3-17-13-14-9-8-12-16(18-14)19(4-2)15-10-6-5-7-11-15/h5-12,17H,3-4,13H2,1-2H3. The first kappa shape index (κ1) is 13.6. The number of benzene rings is 1. The largest absolute Gasteiger partial charge is 0.327 e. The van der Waals surface area contributed by atoms with Crippen molar-refractivity contribution < 1.29 is 0 Å². The van der Waals surface area contributed by atoms with Gasteiger partial charge in [-0.3, -0.25) is 0 Å². The number of rotatable bonds is 6. The van der Waals surface area contributed by atoms with Crippen molar-refractivity contribution in [2.45, 2.75) is 20.4 Å². The van der Waals surface area contributed by atoms with Crippen molar-refractivity contribution in [1.82, 2.24) is 10.3 Å². The maximum Gasteiger partial charge on any atom is 0.133 e. The molecule has 0 saturated heterocycles. The van der Waals surface area contributed by atoms with Crippen LogP contribution in [-0.2, 0) is 6.54 Å². The highest BCUT2D eigenvalue weighted by atomic mass is 15.2. The molecule has 2 rings (SSSR count). The maximum atomic E-state index is 4.72. The Morgan fingerprint density at radius 3 is 2.47 bits per heavy atom. The third kappa shape index (κ3) is 3.55. The molecular weight excluding hydrogens is 234 g/mol. The molecule has 1 aromatic carbocycles. The topological polar surface area (TPSA) is 28.2 Å². The van der Waals surface area contributed by atoms with Crippen LogP contribution < -0.4 is 10.2 Å². The second-order valence-corrected chi connectivity index (χ2v) is 4.35. The summed E-state index contributed by atoms with van der Waals surface area (Å²) in [5, 5.41) is 3.31. The molecule has 0 unspecified atom stereocenters. The van der Waals surface area contributed by atoms with Gasteiger partial charge in [0, 0.05) is 18.8 Å². The van der Waals surface area contributed by atoms with Gasteiger partial charge in [0.25, 0.3) is 0 Å². The average molecular weight is 255 g/mol. The Morgan fingerprint density at radius 2 is 1.79 bits per heavy atom. The molecule has 0 bridgehead atoms. The number of aromatic nitrogens is 1. The second kappa shape index (κ2) is 6.90. The predicted octanol–water partition coefficient (Wildman–Crippen LogP) is 3.35. The van der Waals surface area contributed by atoms with Crippen LogP contribution in [0.2, 0.25) is 0 Å². The van der Waals surface area contributed by atoms with Gasteiger partial charge < -0.3 is 10.2 Å². The summed E-state index contributed by atoms with van der Waals surface area (Å²) in [6.07, 6.45) is 0. The smallest absolute Gasteiger partial charge is 0.133 e. The van der Waals surface area contributed by atoms with Crippen LogP contribution in [0.15, 0.2) is 48.5 Å². The fourth-order valence-corrected chi connectivity index (χ4v) is 2.05. The zero-order valence-electron chi connectivity index (χ0n) is 11.6. The van der Waals surface area contributed by atoms with Crippen LogP contribution in [0.25, 0.3) is 0 Å². The van der Waals surface area contributed by atoms with Gasteiger partial charge in [-0.15, -0.1) is 0 Å². The highest BCUT2D eigenvalue weighted by Gasteiger charge is 2.08. The minimum atomic E-state index is 0.816. The third-order valence-electron chi connectivity index (χ3n) is 3.01. The molecule has 0 saturated carbocycles. The Labute approximate surface area is 115 Å². The van der Waals surface area contributed by atoms with E-state index in [1.807, 2.05) is 6.07 Å². The van der Waals surface area contributed by atoms with Gasteiger partial charge in [-0.25, -0.2) is 4.98 Å². The molecule has 0 aliphatic rings. The zero-order chi connectivity index (χ0) is 13.5. The summed E-state index contributed by atoms with van der Waals surface area (Å²) >= 11 is 0. The van der Waals surface area contributed by atoms with E-state index >= 15 is 0 Å². The Hall–Kier alpha value is -1.87. The Kier molecular flexibility index (Phi) is 4.93. The number of nitrogens with one attached hydrogen (secondary N) is 1. The molecule has 0 fully saturated rings. The van der Waals surface area contributed by atoms with Gasteiger partial charge in [0.2, 0.25) is 0 Å². The molecule has 3 nitrogen and oxygen atoms in total. The van der Waals surface area contributed by atoms with Crippen LogP contribution in [-0.4, -0.2) is 18.1 Å². The van der Waals surface area contributed by atoms with Crippen molar-refractivity contribution in [2.75, 3.05) is 18.0 Å². The number of hydrogen-bond donors (Lipinski definition) is 1. The summed E-state index contributed by atoms with van der Waals surface area (Å²) in [6.45, 7) is 6.93. The minimum absolute atomic E-state index is 0.816. The summed E-state index contributed by atoms with van der Waals surface area (Å²) in [5.74, 6) is 1.00. The molecule has 19 heavy (non-hydrogen) atoms. The van der Waals surface area contributed by atoms with Crippen molar-refractivity contribution in [3.63, 3.8) is 0 Å². The van der Waals surface area contributed by atoms with Gasteiger partial charge in [0.05, 0.1) is 5.69 Å². The lowest BCUT2D eigenvalue weighted by molar-refractivity contribution is 0.710. The number of hydrogen-bond acceptors (Lipinski definition) is 3. The lowest BCUT2D eigenvalue weighted by atomic mass is 10.2. The predicted molar refractivity (Wildman–Crippen MR) is 80.7 cm³/mol. The Morgan fingerprint density at radius 1 is 1.00 bits per heavy atom. The molecule has 0 spiro atoms. The highest BCUT2D eigenvalue weighted by molar-refractivity contribution is 5.59. The van der Waals surface area contributed by atoms with Gasteiger partial charge >= 0.3 is 0 Å². The van der Waals surface area contributed by atoms with E-state index in [1.54, 1.807) is 0 Å². The van der Waals surface area contributed by atoms with Crippen LogP contribution >= 0.6 is 0 Å². The van der Waals surface area contributed by atoms with Crippen molar-refractivity contribution in [2.24, 2.45) is 0 Å². The normalized spacial score (nSPS) is 10.4. The average Bonchev–Trinajstić information content (AvgIpc) is 2.47. The molecule has 100 valence electrons. The molecule has 1 heterocycles. The molecule has 1 aromatic heterocycles.